The lowest BCUT2D eigenvalue weighted by Crippen LogP contribution is -2.39. The van der Waals surface area contributed by atoms with Crippen LogP contribution in [-0.2, 0) is 18.4 Å². The van der Waals surface area contributed by atoms with E-state index in [1.165, 1.54) is 5.56 Å². The lowest BCUT2D eigenvalue weighted by Gasteiger charge is -2.25. The Bertz CT molecular complexity index is 908. The number of alkyl halides is 3. The van der Waals surface area contributed by atoms with Gasteiger partial charge in [-0.3, -0.25) is 14.4 Å². The smallest absolute Gasteiger partial charge is 0.475 e. The number of halogens is 3. The molecule has 11 heteroatoms. The van der Waals surface area contributed by atoms with Crippen LogP contribution in [0.2, 0.25) is 0 Å². The largest absolute Gasteiger partial charge is 0.490 e. The SMILES string of the molecule is Cc1ccoc1C(=O)N1CC[C@H]2[C@H]1CCN2Cc1cnn(C)c1.O=C(O)C(F)(F)F. The second-order valence-corrected chi connectivity index (χ2v) is 7.44. The number of hydrogen-bond acceptors (Lipinski definition) is 5. The van der Waals surface area contributed by atoms with Gasteiger partial charge in [0.05, 0.1) is 12.5 Å². The summed E-state index contributed by atoms with van der Waals surface area (Å²) in [6.45, 7) is 4.69. The lowest BCUT2D eigenvalue weighted by atomic mass is 10.1. The number of carbonyl (C=O) groups excluding carboxylic acids is 1. The van der Waals surface area contributed by atoms with Crippen LogP contribution in [0.15, 0.2) is 29.1 Å². The summed E-state index contributed by atoms with van der Waals surface area (Å²) in [7, 11) is 1.94. The first-order valence-electron chi connectivity index (χ1n) is 9.44. The van der Waals surface area contributed by atoms with Gasteiger partial charge < -0.3 is 14.4 Å². The molecule has 2 aromatic heterocycles. The number of fused-ring (bicyclic) bond motifs is 1. The highest BCUT2D eigenvalue weighted by Gasteiger charge is 2.45. The molecule has 0 saturated carbocycles. The van der Waals surface area contributed by atoms with Crippen molar-refractivity contribution in [2.45, 2.75) is 44.6 Å². The van der Waals surface area contributed by atoms with Gasteiger partial charge in [-0.15, -0.1) is 0 Å². The molecule has 2 saturated heterocycles. The zero-order chi connectivity index (χ0) is 22.1. The van der Waals surface area contributed by atoms with Gasteiger partial charge in [0.25, 0.3) is 5.91 Å². The lowest BCUT2D eigenvalue weighted by molar-refractivity contribution is -0.192. The van der Waals surface area contributed by atoms with Crippen molar-refractivity contribution in [1.82, 2.24) is 19.6 Å². The average Bonchev–Trinajstić information content (AvgIpc) is 3.41. The highest BCUT2D eigenvalue weighted by molar-refractivity contribution is 5.93. The number of nitrogens with zero attached hydrogens (tertiary/aromatic N) is 4. The van der Waals surface area contributed by atoms with E-state index in [1.54, 1.807) is 6.26 Å². The summed E-state index contributed by atoms with van der Waals surface area (Å²) in [4.78, 5) is 26.1. The number of carboxylic acids is 1. The van der Waals surface area contributed by atoms with Gasteiger partial charge in [-0.2, -0.15) is 18.3 Å². The quantitative estimate of drug-likeness (QED) is 0.808. The van der Waals surface area contributed by atoms with Crippen molar-refractivity contribution in [1.29, 1.82) is 0 Å². The van der Waals surface area contributed by atoms with E-state index in [0.29, 0.717) is 17.8 Å². The highest BCUT2D eigenvalue weighted by atomic mass is 19.4. The van der Waals surface area contributed by atoms with Crippen molar-refractivity contribution in [2.24, 2.45) is 7.05 Å². The van der Waals surface area contributed by atoms with Gasteiger partial charge in [-0.05, 0) is 25.8 Å². The molecule has 30 heavy (non-hydrogen) atoms. The van der Waals surface area contributed by atoms with Crippen LogP contribution in [-0.4, -0.2) is 67.9 Å². The van der Waals surface area contributed by atoms with E-state index in [9.17, 15) is 18.0 Å². The van der Waals surface area contributed by atoms with Gasteiger partial charge in [0, 0.05) is 56.1 Å². The third kappa shape index (κ3) is 4.66. The molecule has 2 aliphatic rings. The van der Waals surface area contributed by atoms with Crippen LogP contribution in [0.1, 0.15) is 34.5 Å². The minimum atomic E-state index is -5.08. The molecule has 2 atom stereocenters. The Labute approximate surface area is 170 Å². The second kappa shape index (κ2) is 8.50. The molecular weight excluding hydrogens is 405 g/mol. The third-order valence-electron chi connectivity index (χ3n) is 5.40. The molecule has 0 unspecified atom stereocenters. The zero-order valence-corrected chi connectivity index (χ0v) is 16.6. The number of amides is 1. The van der Waals surface area contributed by atoms with Crippen LogP contribution in [0.5, 0.6) is 0 Å². The molecule has 0 aromatic carbocycles. The molecular formula is C19H23F3N4O4. The van der Waals surface area contributed by atoms with Crippen LogP contribution in [0.25, 0.3) is 0 Å². The van der Waals surface area contributed by atoms with Crippen molar-refractivity contribution < 1.29 is 32.3 Å². The van der Waals surface area contributed by atoms with Gasteiger partial charge in [0.2, 0.25) is 0 Å². The third-order valence-corrected chi connectivity index (χ3v) is 5.40. The van der Waals surface area contributed by atoms with Gasteiger partial charge >= 0.3 is 12.1 Å². The Balaban J connectivity index is 0.000000318. The van der Waals surface area contributed by atoms with Crippen LogP contribution in [0.3, 0.4) is 0 Å². The number of furan rings is 1. The van der Waals surface area contributed by atoms with E-state index < -0.39 is 12.1 Å². The first kappa shape index (κ1) is 21.9. The number of likely N-dealkylation sites (tertiary alicyclic amines) is 2. The van der Waals surface area contributed by atoms with Crippen LogP contribution < -0.4 is 0 Å². The van der Waals surface area contributed by atoms with Crippen molar-refractivity contribution in [2.75, 3.05) is 13.1 Å². The van der Waals surface area contributed by atoms with Crippen LogP contribution >= 0.6 is 0 Å². The highest BCUT2D eigenvalue weighted by Crippen LogP contribution is 2.34. The molecule has 4 rings (SSSR count). The predicted molar refractivity (Wildman–Crippen MR) is 98.6 cm³/mol. The number of aromatic nitrogens is 2. The Kier molecular flexibility index (Phi) is 6.20. The number of carbonyl (C=O) groups is 2. The van der Waals surface area contributed by atoms with E-state index in [0.717, 1.165) is 38.0 Å². The van der Waals surface area contributed by atoms with Gasteiger partial charge in [0.1, 0.15) is 0 Å². The number of carboxylic acid groups (broad SMARTS) is 1. The standard InChI is InChI=1S/C17H22N4O2.C2HF3O2/c1-12-5-8-23-16(12)17(22)21-7-4-14-15(21)3-6-20(14)11-13-9-18-19(2)10-13;3-2(4,5)1(6)7/h5,8-10,14-15H,3-4,6-7,11H2,1-2H3;(H,6,7)/t14-,15+;/m0./s1. The predicted octanol–water partition coefficient (Wildman–Crippen LogP) is 2.44. The first-order valence-corrected chi connectivity index (χ1v) is 9.44. The number of rotatable bonds is 3. The van der Waals surface area contributed by atoms with E-state index in [4.69, 9.17) is 14.3 Å². The molecule has 2 aromatic rings. The summed E-state index contributed by atoms with van der Waals surface area (Å²) < 4.78 is 39.0. The summed E-state index contributed by atoms with van der Waals surface area (Å²) in [5.74, 6) is -2.22. The fourth-order valence-corrected chi connectivity index (χ4v) is 4.03. The summed E-state index contributed by atoms with van der Waals surface area (Å²) in [6.07, 6.45) is 2.58. The topological polar surface area (TPSA) is 91.8 Å². The minimum Gasteiger partial charge on any atom is -0.475 e. The average molecular weight is 428 g/mol. The minimum absolute atomic E-state index is 0.0447. The second-order valence-electron chi connectivity index (χ2n) is 7.44. The molecule has 0 spiro atoms. The van der Waals surface area contributed by atoms with Gasteiger partial charge in [0.15, 0.2) is 5.76 Å². The van der Waals surface area contributed by atoms with Crippen molar-refractivity contribution >= 4 is 11.9 Å². The van der Waals surface area contributed by atoms with Crippen LogP contribution in [0.4, 0.5) is 13.2 Å². The number of aliphatic carboxylic acids is 1. The van der Waals surface area contributed by atoms with Crippen molar-refractivity contribution in [3.63, 3.8) is 0 Å². The van der Waals surface area contributed by atoms with Gasteiger partial charge in [-0.1, -0.05) is 0 Å². The molecule has 8 nitrogen and oxygen atoms in total. The molecule has 2 fully saturated rings. The van der Waals surface area contributed by atoms with Crippen molar-refractivity contribution in [3.05, 3.63) is 41.6 Å². The molecule has 0 aliphatic carbocycles. The van der Waals surface area contributed by atoms with Crippen LogP contribution in [0, 0.1) is 6.92 Å². The van der Waals surface area contributed by atoms with Crippen molar-refractivity contribution in [3.8, 4) is 0 Å². The molecule has 1 N–H and O–H groups in total. The summed E-state index contributed by atoms with van der Waals surface area (Å²) >= 11 is 0. The van der Waals surface area contributed by atoms with E-state index in [1.807, 2.05) is 35.8 Å². The fourth-order valence-electron chi connectivity index (χ4n) is 4.03. The molecule has 0 radical (unpaired) electrons. The normalized spacial score (nSPS) is 21.3. The summed E-state index contributed by atoms with van der Waals surface area (Å²) in [5.41, 5.74) is 2.16. The maximum Gasteiger partial charge on any atom is 0.490 e. The van der Waals surface area contributed by atoms with E-state index in [-0.39, 0.29) is 5.91 Å². The maximum absolute atomic E-state index is 12.7. The Hall–Kier alpha value is -2.82. The number of hydrogen-bond donors (Lipinski definition) is 1. The molecule has 1 amide bonds. The molecule has 2 aliphatic heterocycles. The monoisotopic (exact) mass is 428 g/mol. The number of aryl methyl sites for hydroxylation is 2. The first-order chi connectivity index (χ1) is 14.1. The fraction of sp³-hybridized carbons (Fsp3) is 0.526. The summed E-state index contributed by atoms with van der Waals surface area (Å²) in [5, 5.41) is 11.4. The molecule has 4 heterocycles. The molecule has 164 valence electrons. The summed E-state index contributed by atoms with van der Waals surface area (Å²) in [6, 6.07) is 2.61. The Morgan fingerprint density at radius 2 is 1.93 bits per heavy atom. The van der Waals surface area contributed by atoms with E-state index in [2.05, 4.69) is 16.2 Å². The Morgan fingerprint density at radius 3 is 2.47 bits per heavy atom. The Morgan fingerprint density at radius 1 is 1.27 bits per heavy atom. The van der Waals surface area contributed by atoms with Gasteiger partial charge in [-0.25, -0.2) is 4.79 Å². The maximum atomic E-state index is 12.7. The van der Waals surface area contributed by atoms with E-state index >= 15 is 0 Å². The molecule has 0 bridgehead atoms. The zero-order valence-electron chi connectivity index (χ0n) is 16.6.